The molecule has 46 heavy (non-hydrogen) atoms. The smallest absolute Gasteiger partial charge is 0.433 e. The van der Waals surface area contributed by atoms with Gasteiger partial charge in [-0.25, -0.2) is 14.4 Å². The summed E-state index contributed by atoms with van der Waals surface area (Å²) in [4.78, 5) is 33.0. The van der Waals surface area contributed by atoms with Crippen molar-refractivity contribution in [3.63, 3.8) is 0 Å². The van der Waals surface area contributed by atoms with Crippen LogP contribution in [0.3, 0.4) is 0 Å². The number of alkyl halides is 6. The second-order valence-corrected chi connectivity index (χ2v) is 10.7. The van der Waals surface area contributed by atoms with Gasteiger partial charge in [0.15, 0.2) is 0 Å². The Kier molecular flexibility index (Phi) is 7.83. The zero-order valence-corrected chi connectivity index (χ0v) is 23.8. The van der Waals surface area contributed by atoms with Crippen molar-refractivity contribution in [3.8, 4) is 22.8 Å². The Morgan fingerprint density at radius 3 is 2.28 bits per heavy atom. The number of rotatable bonds is 7. The van der Waals surface area contributed by atoms with E-state index in [0.717, 1.165) is 43.5 Å². The molecule has 1 aliphatic rings. The number of carbonyl (C=O) groups is 2. The topological polar surface area (TPSA) is 137 Å². The summed E-state index contributed by atoms with van der Waals surface area (Å²) in [5.41, 5.74) is -3.07. The van der Waals surface area contributed by atoms with Gasteiger partial charge in [0.1, 0.15) is 46.2 Å². The third-order valence-corrected chi connectivity index (χ3v) is 7.66. The fourth-order valence-corrected chi connectivity index (χ4v) is 4.90. The largest absolute Gasteiger partial charge is 0.494 e. The van der Waals surface area contributed by atoms with Crippen LogP contribution in [0.2, 0.25) is 0 Å². The Bertz CT molecular complexity index is 1860. The average Bonchev–Trinajstić information content (AvgIpc) is 3.35. The van der Waals surface area contributed by atoms with Crippen molar-refractivity contribution in [2.75, 3.05) is 20.3 Å². The zero-order chi connectivity index (χ0) is 33.8. The van der Waals surface area contributed by atoms with Gasteiger partial charge in [0.2, 0.25) is 11.5 Å². The van der Waals surface area contributed by atoms with Crippen LogP contribution in [0.15, 0.2) is 54.6 Å². The minimum absolute atomic E-state index is 0.0125. The lowest BCUT2D eigenvalue weighted by Crippen LogP contribution is -2.51. The number of methoxy groups -OCH3 is 1. The second-order valence-electron chi connectivity index (χ2n) is 10.7. The van der Waals surface area contributed by atoms with Gasteiger partial charge in [0.25, 0.3) is 5.91 Å². The molecule has 3 heterocycles. The number of pyridine rings is 2. The first kappa shape index (κ1) is 32.4. The molecule has 0 aliphatic carbocycles. The summed E-state index contributed by atoms with van der Waals surface area (Å²) in [7, 11) is 1.10. The molecule has 0 fully saturated rings. The van der Waals surface area contributed by atoms with Gasteiger partial charge in [-0.1, -0.05) is 6.07 Å². The molecule has 5 rings (SSSR count). The number of fused-ring (bicyclic) bond motifs is 2. The Labute approximate surface area is 255 Å². The molecule has 0 saturated heterocycles. The van der Waals surface area contributed by atoms with E-state index in [1.165, 1.54) is 19.1 Å². The molecule has 2 amide bonds. The summed E-state index contributed by atoms with van der Waals surface area (Å²) >= 11 is 0. The summed E-state index contributed by atoms with van der Waals surface area (Å²) in [6.45, 7) is -0.529. The first-order valence-corrected chi connectivity index (χ1v) is 13.3. The number of ether oxygens (including phenoxy) is 2. The number of hydrogen-bond acceptors (Lipinski definition) is 7. The standard InChI is InChI=1S/C30H23F7N4O5/c1-27(26(38)43)13-46-24-18(27)11-21(41-23(24)14-3-6-17(31)7-4-14)28(44,30(35,36)37)12-39-25(42)16-9-15-5-8-20(29(32,33)34)40-22(15)19(10-16)45-2/h3-11,44H,12-13H2,1-2H3,(H2,38,43)(H,39,42)/t27-,28?/m0/s1. The van der Waals surface area contributed by atoms with Crippen LogP contribution in [0.4, 0.5) is 30.7 Å². The molecule has 0 spiro atoms. The van der Waals surface area contributed by atoms with Crippen LogP contribution in [0, 0.1) is 5.82 Å². The first-order valence-electron chi connectivity index (χ1n) is 13.3. The predicted molar refractivity (Wildman–Crippen MR) is 147 cm³/mol. The fourth-order valence-electron chi connectivity index (χ4n) is 4.90. The number of amides is 2. The number of carbonyl (C=O) groups excluding carboxylic acids is 2. The van der Waals surface area contributed by atoms with Gasteiger partial charge in [-0.05, 0) is 55.5 Å². The maximum absolute atomic E-state index is 14.7. The van der Waals surface area contributed by atoms with E-state index in [-0.39, 0.29) is 51.4 Å². The maximum atomic E-state index is 14.7. The highest BCUT2D eigenvalue weighted by molar-refractivity contribution is 6.00. The van der Waals surface area contributed by atoms with Crippen molar-refractivity contribution >= 4 is 22.7 Å². The van der Waals surface area contributed by atoms with Gasteiger partial charge in [-0.15, -0.1) is 0 Å². The molecule has 4 N–H and O–H groups in total. The van der Waals surface area contributed by atoms with Crippen molar-refractivity contribution in [1.82, 2.24) is 15.3 Å². The Morgan fingerprint density at radius 1 is 1.02 bits per heavy atom. The lowest BCUT2D eigenvalue weighted by Gasteiger charge is -2.31. The molecule has 9 nitrogen and oxygen atoms in total. The van der Waals surface area contributed by atoms with Crippen molar-refractivity contribution in [1.29, 1.82) is 0 Å². The molecule has 2 aromatic carbocycles. The molecule has 2 aromatic heterocycles. The fraction of sp³-hybridized carbons (Fsp3) is 0.267. The monoisotopic (exact) mass is 652 g/mol. The minimum atomic E-state index is -5.47. The number of nitrogens with one attached hydrogen (secondary N) is 1. The number of primary amides is 1. The lowest BCUT2D eigenvalue weighted by molar-refractivity contribution is -0.265. The SMILES string of the molecule is COc1cc(C(=O)NCC(O)(c2cc3c(c(-c4ccc(F)cc4)n2)OC[C@]3(C)C(N)=O)C(F)(F)F)cc2ccc(C(F)(F)F)nc12. The number of hydrogen-bond donors (Lipinski definition) is 3. The van der Waals surface area contributed by atoms with Gasteiger partial charge < -0.3 is 25.6 Å². The van der Waals surface area contributed by atoms with E-state index in [1.807, 2.05) is 5.32 Å². The molecule has 0 radical (unpaired) electrons. The Hall–Kier alpha value is -4.99. The number of nitrogens with zero attached hydrogens (tertiary/aromatic N) is 2. The lowest BCUT2D eigenvalue weighted by atomic mass is 9.81. The van der Waals surface area contributed by atoms with Crippen molar-refractivity contribution in [2.45, 2.75) is 30.3 Å². The third-order valence-electron chi connectivity index (χ3n) is 7.66. The van der Waals surface area contributed by atoms with Crippen LogP contribution in [0.1, 0.15) is 34.2 Å². The van der Waals surface area contributed by atoms with E-state index >= 15 is 0 Å². The van der Waals surface area contributed by atoms with Crippen molar-refractivity contribution < 1.29 is 54.9 Å². The molecule has 242 valence electrons. The average molecular weight is 653 g/mol. The van der Waals surface area contributed by atoms with E-state index < -0.39 is 58.9 Å². The molecular formula is C30H23F7N4O5. The van der Waals surface area contributed by atoms with Crippen LogP contribution in [-0.4, -0.2) is 53.3 Å². The van der Waals surface area contributed by atoms with E-state index in [9.17, 15) is 45.4 Å². The molecule has 2 atom stereocenters. The summed E-state index contributed by atoms with van der Waals surface area (Å²) in [6, 6.07) is 9.00. The molecule has 0 bridgehead atoms. The zero-order valence-electron chi connectivity index (χ0n) is 23.8. The number of aromatic nitrogens is 2. The summed E-state index contributed by atoms with van der Waals surface area (Å²) in [6.07, 6.45) is -10.2. The first-order chi connectivity index (χ1) is 21.4. The molecule has 4 aromatic rings. The van der Waals surface area contributed by atoms with Crippen LogP contribution < -0.4 is 20.5 Å². The van der Waals surface area contributed by atoms with Crippen LogP contribution in [-0.2, 0) is 22.0 Å². The summed E-state index contributed by atoms with van der Waals surface area (Å²) < 4.78 is 108. The van der Waals surface area contributed by atoms with E-state index in [2.05, 4.69) is 9.97 Å². The predicted octanol–water partition coefficient (Wildman–Crippen LogP) is 4.78. The number of nitrogens with two attached hydrogens (primary N) is 1. The van der Waals surface area contributed by atoms with Gasteiger partial charge in [-0.3, -0.25) is 9.59 Å². The highest BCUT2D eigenvalue weighted by atomic mass is 19.4. The van der Waals surface area contributed by atoms with Crippen LogP contribution in [0.5, 0.6) is 11.5 Å². The molecule has 1 unspecified atom stereocenters. The minimum Gasteiger partial charge on any atom is -0.494 e. The van der Waals surface area contributed by atoms with Crippen molar-refractivity contribution in [3.05, 3.63) is 82.9 Å². The molecule has 16 heteroatoms. The van der Waals surface area contributed by atoms with Gasteiger partial charge >= 0.3 is 12.4 Å². The van der Waals surface area contributed by atoms with Crippen LogP contribution in [0.25, 0.3) is 22.2 Å². The van der Waals surface area contributed by atoms with E-state index in [4.69, 9.17) is 15.2 Å². The number of halogens is 7. The summed E-state index contributed by atoms with van der Waals surface area (Å²) in [5, 5.41) is 13.2. The van der Waals surface area contributed by atoms with E-state index in [1.54, 1.807) is 0 Å². The number of aliphatic hydroxyl groups is 1. The highest BCUT2D eigenvalue weighted by Crippen LogP contribution is 2.47. The summed E-state index contributed by atoms with van der Waals surface area (Å²) in [5.74, 6) is -3.13. The quantitative estimate of drug-likeness (QED) is 0.245. The second kappa shape index (κ2) is 11.1. The van der Waals surface area contributed by atoms with Gasteiger partial charge in [-0.2, -0.15) is 26.3 Å². The Balaban J connectivity index is 1.56. The molecular weight excluding hydrogens is 629 g/mol. The Morgan fingerprint density at radius 2 is 1.70 bits per heavy atom. The van der Waals surface area contributed by atoms with Gasteiger partial charge in [0, 0.05) is 22.1 Å². The van der Waals surface area contributed by atoms with Gasteiger partial charge in [0.05, 0.1) is 19.3 Å². The third kappa shape index (κ3) is 5.52. The maximum Gasteiger partial charge on any atom is 0.433 e. The number of benzene rings is 2. The van der Waals surface area contributed by atoms with Crippen LogP contribution >= 0.6 is 0 Å². The molecule has 1 aliphatic heterocycles. The molecule has 0 saturated carbocycles. The normalized spacial score (nSPS) is 17.6. The van der Waals surface area contributed by atoms with Crippen molar-refractivity contribution in [2.24, 2.45) is 5.73 Å². The highest BCUT2D eigenvalue weighted by Gasteiger charge is 2.57. The van der Waals surface area contributed by atoms with E-state index in [0.29, 0.717) is 6.07 Å².